The van der Waals surface area contributed by atoms with Crippen LogP contribution in [0.4, 0.5) is 0 Å². The van der Waals surface area contributed by atoms with Crippen LogP contribution >= 0.6 is 27.7 Å². The van der Waals surface area contributed by atoms with Crippen molar-refractivity contribution in [3.05, 3.63) is 64.1 Å². The number of hydrogen-bond donors (Lipinski definition) is 1. The van der Waals surface area contributed by atoms with Crippen molar-refractivity contribution in [3.63, 3.8) is 0 Å². The highest BCUT2D eigenvalue weighted by atomic mass is 79.9. The fourth-order valence-electron chi connectivity index (χ4n) is 2.29. The lowest BCUT2D eigenvalue weighted by Gasteiger charge is -2.11. The quantitative estimate of drug-likeness (QED) is 0.910. The molecule has 0 bridgehead atoms. The van der Waals surface area contributed by atoms with E-state index < -0.39 is 0 Å². The Labute approximate surface area is 131 Å². The van der Waals surface area contributed by atoms with Crippen LogP contribution in [0, 0.1) is 0 Å². The minimum Gasteiger partial charge on any atom is -0.351 e. The molecule has 4 heteroatoms. The molecule has 20 heavy (non-hydrogen) atoms. The van der Waals surface area contributed by atoms with Crippen LogP contribution < -0.4 is 5.32 Å². The van der Waals surface area contributed by atoms with Crippen molar-refractivity contribution < 1.29 is 4.79 Å². The van der Waals surface area contributed by atoms with Crippen molar-refractivity contribution in [3.8, 4) is 0 Å². The Morgan fingerprint density at radius 3 is 2.75 bits per heavy atom. The van der Waals surface area contributed by atoms with Crippen molar-refractivity contribution in [1.82, 2.24) is 5.32 Å². The first-order valence-corrected chi connectivity index (χ1v) is 8.26. The fourth-order valence-corrected chi connectivity index (χ4v) is 3.79. The van der Waals surface area contributed by atoms with Crippen LogP contribution in [0.15, 0.2) is 57.9 Å². The van der Waals surface area contributed by atoms with Crippen molar-refractivity contribution in [2.24, 2.45) is 0 Å². The van der Waals surface area contributed by atoms with Crippen molar-refractivity contribution in [2.45, 2.75) is 17.4 Å². The van der Waals surface area contributed by atoms with E-state index in [1.807, 2.05) is 36.4 Å². The summed E-state index contributed by atoms with van der Waals surface area (Å²) >= 11 is 5.17. The Morgan fingerprint density at radius 2 is 1.95 bits per heavy atom. The summed E-state index contributed by atoms with van der Waals surface area (Å²) in [6.45, 7) is 0.579. The second kappa shape index (κ2) is 6.02. The monoisotopic (exact) mass is 347 g/mol. The average molecular weight is 348 g/mol. The number of halogens is 1. The van der Waals surface area contributed by atoms with E-state index in [1.165, 1.54) is 4.90 Å². The number of benzene rings is 2. The molecular weight excluding hydrogens is 334 g/mol. The van der Waals surface area contributed by atoms with Gasteiger partial charge in [-0.3, -0.25) is 4.79 Å². The molecule has 0 fully saturated rings. The minimum absolute atomic E-state index is 0.0216. The van der Waals surface area contributed by atoms with Gasteiger partial charge in [0.25, 0.3) is 0 Å². The summed E-state index contributed by atoms with van der Waals surface area (Å²) in [6, 6.07) is 16.2. The molecule has 1 aliphatic rings. The summed E-state index contributed by atoms with van der Waals surface area (Å²) in [6.07, 6.45) is 0. The molecule has 2 aromatic rings. The van der Waals surface area contributed by atoms with Crippen LogP contribution in [0.3, 0.4) is 0 Å². The smallest absolute Gasteiger partial charge is 0.228 e. The predicted octanol–water partition coefficient (Wildman–Crippen LogP) is 3.95. The Morgan fingerprint density at radius 1 is 1.20 bits per heavy atom. The minimum atomic E-state index is -0.0216. The number of carbonyl (C=O) groups excluding carboxylic acids is 1. The lowest BCUT2D eigenvalue weighted by atomic mass is 10.0. The van der Waals surface area contributed by atoms with Gasteiger partial charge in [0.2, 0.25) is 5.91 Å². The van der Waals surface area contributed by atoms with Gasteiger partial charge in [0.15, 0.2) is 0 Å². The van der Waals surface area contributed by atoms with Crippen molar-refractivity contribution in [1.29, 1.82) is 0 Å². The maximum Gasteiger partial charge on any atom is 0.228 e. The normalized spacial score (nSPS) is 16.8. The molecular formula is C16H14BrNOS. The second-order valence-electron chi connectivity index (χ2n) is 4.75. The van der Waals surface area contributed by atoms with Gasteiger partial charge in [-0.2, -0.15) is 0 Å². The van der Waals surface area contributed by atoms with Gasteiger partial charge in [-0.1, -0.05) is 46.3 Å². The Balaban J connectivity index is 1.65. The van der Waals surface area contributed by atoms with E-state index in [2.05, 4.69) is 33.4 Å². The molecule has 0 radical (unpaired) electrons. The van der Waals surface area contributed by atoms with Gasteiger partial charge in [-0.05, 0) is 29.3 Å². The van der Waals surface area contributed by atoms with E-state index in [1.54, 1.807) is 11.8 Å². The SMILES string of the molecule is O=C(NCc1ccc(Br)cc1)C1CSc2ccccc21. The summed E-state index contributed by atoms with van der Waals surface area (Å²) in [5.41, 5.74) is 2.27. The van der Waals surface area contributed by atoms with Gasteiger partial charge < -0.3 is 5.32 Å². The molecule has 3 rings (SSSR count). The molecule has 0 saturated heterocycles. The standard InChI is InChI=1S/C16H14BrNOS/c17-12-7-5-11(6-8-12)9-18-16(19)14-10-20-15-4-2-1-3-13(14)15/h1-8,14H,9-10H2,(H,18,19). The van der Waals surface area contributed by atoms with Crippen molar-refractivity contribution in [2.75, 3.05) is 5.75 Å². The maximum absolute atomic E-state index is 12.3. The number of fused-ring (bicyclic) bond motifs is 1. The molecule has 2 nitrogen and oxygen atoms in total. The van der Waals surface area contributed by atoms with Gasteiger partial charge in [-0.15, -0.1) is 11.8 Å². The third-order valence-corrected chi connectivity index (χ3v) is 5.11. The third kappa shape index (κ3) is 2.91. The number of carbonyl (C=O) groups is 1. The average Bonchev–Trinajstić information content (AvgIpc) is 2.90. The van der Waals surface area contributed by atoms with Crippen LogP contribution in [0.25, 0.3) is 0 Å². The third-order valence-electron chi connectivity index (χ3n) is 3.40. The molecule has 1 N–H and O–H groups in total. The zero-order valence-corrected chi connectivity index (χ0v) is 13.2. The van der Waals surface area contributed by atoms with Gasteiger partial charge in [0.05, 0.1) is 5.92 Å². The summed E-state index contributed by atoms with van der Waals surface area (Å²) in [7, 11) is 0. The number of hydrogen-bond acceptors (Lipinski definition) is 2. The molecule has 0 spiro atoms. The number of nitrogens with one attached hydrogen (secondary N) is 1. The Bertz CT molecular complexity index is 627. The Kier molecular flexibility index (Phi) is 4.13. The number of rotatable bonds is 3. The molecule has 102 valence electrons. The first-order chi connectivity index (χ1) is 9.74. The van der Waals surface area contributed by atoms with Gasteiger partial charge in [0, 0.05) is 21.7 Å². The van der Waals surface area contributed by atoms with E-state index in [-0.39, 0.29) is 11.8 Å². The highest BCUT2D eigenvalue weighted by Gasteiger charge is 2.28. The summed E-state index contributed by atoms with van der Waals surface area (Å²) in [4.78, 5) is 13.5. The highest BCUT2D eigenvalue weighted by molar-refractivity contribution is 9.10. The molecule has 1 atom stereocenters. The van der Waals surface area contributed by atoms with E-state index in [4.69, 9.17) is 0 Å². The fraction of sp³-hybridized carbons (Fsp3) is 0.188. The molecule has 1 amide bonds. The molecule has 1 aliphatic heterocycles. The van der Waals surface area contributed by atoms with E-state index >= 15 is 0 Å². The number of amides is 1. The van der Waals surface area contributed by atoms with Crippen LogP contribution in [-0.4, -0.2) is 11.7 Å². The lowest BCUT2D eigenvalue weighted by Crippen LogP contribution is -2.29. The van der Waals surface area contributed by atoms with Crippen LogP contribution in [0.2, 0.25) is 0 Å². The van der Waals surface area contributed by atoms with Gasteiger partial charge in [0.1, 0.15) is 0 Å². The molecule has 0 aliphatic carbocycles. The maximum atomic E-state index is 12.3. The van der Waals surface area contributed by atoms with Crippen LogP contribution in [-0.2, 0) is 11.3 Å². The van der Waals surface area contributed by atoms with Gasteiger partial charge in [-0.25, -0.2) is 0 Å². The van der Waals surface area contributed by atoms with E-state index in [9.17, 15) is 4.79 Å². The summed E-state index contributed by atoms with van der Waals surface area (Å²) in [5.74, 6) is 0.933. The van der Waals surface area contributed by atoms with Crippen LogP contribution in [0.1, 0.15) is 17.0 Å². The largest absolute Gasteiger partial charge is 0.351 e. The highest BCUT2D eigenvalue weighted by Crippen LogP contribution is 2.39. The molecule has 1 heterocycles. The summed E-state index contributed by atoms with van der Waals surface area (Å²) in [5, 5.41) is 3.03. The zero-order chi connectivity index (χ0) is 13.9. The summed E-state index contributed by atoms with van der Waals surface area (Å²) < 4.78 is 1.05. The first kappa shape index (κ1) is 13.7. The molecule has 1 unspecified atom stereocenters. The molecule has 0 aromatic heterocycles. The lowest BCUT2D eigenvalue weighted by molar-refractivity contribution is -0.122. The molecule has 0 saturated carbocycles. The van der Waals surface area contributed by atoms with Crippen molar-refractivity contribution >= 4 is 33.6 Å². The first-order valence-electron chi connectivity index (χ1n) is 6.48. The Hall–Kier alpha value is -1.26. The van der Waals surface area contributed by atoms with Gasteiger partial charge >= 0.3 is 0 Å². The second-order valence-corrected chi connectivity index (χ2v) is 6.72. The van der Waals surface area contributed by atoms with Crippen LogP contribution in [0.5, 0.6) is 0 Å². The van der Waals surface area contributed by atoms with E-state index in [0.29, 0.717) is 6.54 Å². The van der Waals surface area contributed by atoms with E-state index in [0.717, 1.165) is 21.4 Å². The number of thioether (sulfide) groups is 1. The predicted molar refractivity (Wildman–Crippen MR) is 85.9 cm³/mol. The topological polar surface area (TPSA) is 29.1 Å². The zero-order valence-electron chi connectivity index (χ0n) is 10.8. The molecule has 2 aromatic carbocycles.